The summed E-state index contributed by atoms with van der Waals surface area (Å²) in [4.78, 5) is 17.2. The van der Waals surface area contributed by atoms with Gasteiger partial charge in [0.2, 0.25) is 10.0 Å². The van der Waals surface area contributed by atoms with Gasteiger partial charge in [-0.15, -0.1) is 11.3 Å². The highest BCUT2D eigenvalue weighted by atomic mass is 32.2. The SMILES string of the molecule is Cn1cc(S(=O)(=O)N2CCOCC2)cc1C(=O)NCc1nc2ccccc2s1. The number of carbonyl (C=O) groups excluding carboxylic acids is 1. The first-order chi connectivity index (χ1) is 13.4. The Balaban J connectivity index is 1.48. The number of rotatable bonds is 5. The molecule has 8 nitrogen and oxygen atoms in total. The molecule has 0 aliphatic carbocycles. The smallest absolute Gasteiger partial charge is 0.268 e. The van der Waals surface area contributed by atoms with E-state index < -0.39 is 10.0 Å². The van der Waals surface area contributed by atoms with Crippen LogP contribution in [0.4, 0.5) is 0 Å². The Hall–Kier alpha value is -2.27. The van der Waals surface area contributed by atoms with Gasteiger partial charge < -0.3 is 14.6 Å². The molecule has 1 aliphatic rings. The Bertz CT molecular complexity index is 1080. The number of nitrogens with one attached hydrogen (secondary N) is 1. The van der Waals surface area contributed by atoms with Gasteiger partial charge in [-0.2, -0.15) is 4.31 Å². The zero-order valence-electron chi connectivity index (χ0n) is 15.3. The Morgan fingerprint density at radius 1 is 1.29 bits per heavy atom. The molecule has 1 amide bonds. The summed E-state index contributed by atoms with van der Waals surface area (Å²) in [6, 6.07) is 9.20. The molecule has 148 valence electrons. The van der Waals surface area contributed by atoms with Crippen LogP contribution in [0.15, 0.2) is 41.4 Å². The Morgan fingerprint density at radius 3 is 2.79 bits per heavy atom. The molecule has 1 saturated heterocycles. The van der Waals surface area contributed by atoms with E-state index in [1.165, 1.54) is 32.5 Å². The highest BCUT2D eigenvalue weighted by Crippen LogP contribution is 2.22. The molecular formula is C18H20N4O4S2. The number of morpholine rings is 1. The average molecular weight is 421 g/mol. The number of fused-ring (bicyclic) bond motifs is 1. The van der Waals surface area contributed by atoms with Crippen molar-refractivity contribution in [3.05, 3.63) is 47.2 Å². The number of ether oxygens (including phenoxy) is 1. The maximum absolute atomic E-state index is 12.8. The van der Waals surface area contributed by atoms with Crippen LogP contribution in [0.5, 0.6) is 0 Å². The number of thiazole rings is 1. The number of hydrogen-bond donors (Lipinski definition) is 1. The number of benzene rings is 1. The van der Waals surface area contributed by atoms with E-state index in [4.69, 9.17) is 4.74 Å². The van der Waals surface area contributed by atoms with Crippen LogP contribution in [-0.4, -0.2) is 54.5 Å². The van der Waals surface area contributed by atoms with Gasteiger partial charge in [-0.05, 0) is 18.2 Å². The first-order valence-corrected chi connectivity index (χ1v) is 11.1. The fourth-order valence-corrected chi connectivity index (χ4v) is 5.47. The van der Waals surface area contributed by atoms with E-state index in [2.05, 4.69) is 10.3 Å². The molecule has 1 aromatic carbocycles. The van der Waals surface area contributed by atoms with E-state index in [0.29, 0.717) is 26.3 Å². The molecule has 28 heavy (non-hydrogen) atoms. The summed E-state index contributed by atoms with van der Waals surface area (Å²) >= 11 is 1.52. The van der Waals surface area contributed by atoms with Crippen LogP contribution in [0.2, 0.25) is 0 Å². The molecule has 0 atom stereocenters. The second-order valence-corrected chi connectivity index (χ2v) is 9.50. The molecule has 0 bridgehead atoms. The largest absolute Gasteiger partial charge is 0.379 e. The lowest BCUT2D eigenvalue weighted by Crippen LogP contribution is -2.40. The van der Waals surface area contributed by atoms with E-state index in [1.54, 1.807) is 7.05 Å². The van der Waals surface area contributed by atoms with E-state index in [9.17, 15) is 13.2 Å². The summed E-state index contributed by atoms with van der Waals surface area (Å²) in [5.74, 6) is -0.342. The molecule has 0 spiro atoms. The van der Waals surface area contributed by atoms with Gasteiger partial charge in [0, 0.05) is 26.3 Å². The van der Waals surface area contributed by atoms with E-state index in [-0.39, 0.29) is 23.0 Å². The minimum atomic E-state index is -3.64. The number of aryl methyl sites for hydroxylation is 1. The number of amides is 1. The monoisotopic (exact) mass is 420 g/mol. The minimum absolute atomic E-state index is 0.113. The molecule has 1 fully saturated rings. The Kier molecular flexibility index (Phi) is 5.19. The number of aromatic nitrogens is 2. The van der Waals surface area contributed by atoms with Crippen LogP contribution in [0.3, 0.4) is 0 Å². The van der Waals surface area contributed by atoms with E-state index in [1.807, 2.05) is 24.3 Å². The van der Waals surface area contributed by atoms with Gasteiger partial charge in [0.25, 0.3) is 5.91 Å². The lowest BCUT2D eigenvalue weighted by atomic mass is 10.3. The first-order valence-electron chi connectivity index (χ1n) is 8.82. The zero-order valence-corrected chi connectivity index (χ0v) is 16.9. The number of nitrogens with zero attached hydrogens (tertiary/aromatic N) is 3. The lowest BCUT2D eigenvalue weighted by molar-refractivity contribution is 0.0730. The lowest BCUT2D eigenvalue weighted by Gasteiger charge is -2.25. The summed E-state index contributed by atoms with van der Waals surface area (Å²) in [6.45, 7) is 1.67. The van der Waals surface area contributed by atoms with Gasteiger partial charge in [-0.3, -0.25) is 4.79 Å². The van der Waals surface area contributed by atoms with Crippen molar-refractivity contribution in [1.82, 2.24) is 19.2 Å². The number of hydrogen-bond acceptors (Lipinski definition) is 6. The molecular weight excluding hydrogens is 400 g/mol. The second kappa shape index (κ2) is 7.63. The fourth-order valence-electron chi connectivity index (χ4n) is 3.08. The third-order valence-corrected chi connectivity index (χ3v) is 7.46. The van der Waals surface area contributed by atoms with Crippen LogP contribution in [0, 0.1) is 0 Å². The third kappa shape index (κ3) is 3.68. The molecule has 0 saturated carbocycles. The highest BCUT2D eigenvalue weighted by molar-refractivity contribution is 7.89. The molecule has 0 radical (unpaired) electrons. The van der Waals surface area contributed by atoms with Crippen LogP contribution in [0.1, 0.15) is 15.5 Å². The van der Waals surface area contributed by atoms with Crippen molar-refractivity contribution in [2.45, 2.75) is 11.4 Å². The Morgan fingerprint density at radius 2 is 2.04 bits per heavy atom. The van der Waals surface area contributed by atoms with Crippen LogP contribution < -0.4 is 5.32 Å². The predicted molar refractivity (Wildman–Crippen MR) is 106 cm³/mol. The summed E-state index contributed by atoms with van der Waals surface area (Å²) in [7, 11) is -1.98. The summed E-state index contributed by atoms with van der Waals surface area (Å²) in [5.41, 5.74) is 1.18. The fraction of sp³-hybridized carbons (Fsp3) is 0.333. The van der Waals surface area contributed by atoms with Gasteiger partial charge in [0.1, 0.15) is 15.6 Å². The molecule has 3 aromatic rings. The number of para-hydroxylation sites is 1. The molecule has 2 aromatic heterocycles. The summed E-state index contributed by atoms with van der Waals surface area (Å²) in [5, 5.41) is 3.62. The normalized spacial score (nSPS) is 15.8. The van der Waals surface area contributed by atoms with Crippen LogP contribution >= 0.6 is 11.3 Å². The summed E-state index contributed by atoms with van der Waals surface area (Å²) < 4.78 is 34.7. The molecule has 10 heteroatoms. The number of sulfonamides is 1. The minimum Gasteiger partial charge on any atom is -0.379 e. The molecule has 1 N–H and O–H groups in total. The van der Waals surface area contributed by atoms with Crippen molar-refractivity contribution in [3.63, 3.8) is 0 Å². The van der Waals surface area contributed by atoms with Gasteiger partial charge in [0.15, 0.2) is 0 Å². The zero-order chi connectivity index (χ0) is 19.7. The van der Waals surface area contributed by atoms with Crippen molar-refractivity contribution in [2.24, 2.45) is 7.05 Å². The second-order valence-electron chi connectivity index (χ2n) is 6.45. The third-order valence-electron chi connectivity index (χ3n) is 4.56. The molecule has 4 rings (SSSR count). The van der Waals surface area contributed by atoms with Gasteiger partial charge >= 0.3 is 0 Å². The van der Waals surface area contributed by atoms with Crippen LogP contribution in [0.25, 0.3) is 10.2 Å². The van der Waals surface area contributed by atoms with Crippen molar-refractivity contribution >= 4 is 37.5 Å². The van der Waals surface area contributed by atoms with Crippen molar-refractivity contribution < 1.29 is 17.9 Å². The van der Waals surface area contributed by atoms with Gasteiger partial charge in [0.05, 0.1) is 30.0 Å². The topological polar surface area (TPSA) is 93.5 Å². The highest BCUT2D eigenvalue weighted by Gasteiger charge is 2.28. The summed E-state index contributed by atoms with van der Waals surface area (Å²) in [6.07, 6.45) is 1.47. The van der Waals surface area contributed by atoms with Gasteiger partial charge in [-0.1, -0.05) is 12.1 Å². The van der Waals surface area contributed by atoms with Crippen molar-refractivity contribution in [3.8, 4) is 0 Å². The van der Waals surface area contributed by atoms with Crippen LogP contribution in [-0.2, 0) is 28.4 Å². The first kappa shape index (κ1) is 19.1. The number of carbonyl (C=O) groups is 1. The standard InChI is InChI=1S/C18H20N4O4S2/c1-21-12-13(28(24,25)22-6-8-26-9-7-22)10-15(21)18(23)19-11-17-20-14-4-2-3-5-16(14)27-17/h2-5,10,12H,6-9,11H2,1H3,(H,19,23). The van der Waals surface area contributed by atoms with Gasteiger partial charge in [-0.25, -0.2) is 13.4 Å². The molecule has 3 heterocycles. The maximum atomic E-state index is 12.8. The molecule has 0 unspecified atom stereocenters. The maximum Gasteiger partial charge on any atom is 0.268 e. The molecule has 1 aliphatic heterocycles. The predicted octanol–water partition coefficient (Wildman–Crippen LogP) is 1.59. The van der Waals surface area contributed by atoms with Crippen molar-refractivity contribution in [1.29, 1.82) is 0 Å². The average Bonchev–Trinajstić information content (AvgIpc) is 3.30. The van der Waals surface area contributed by atoms with E-state index >= 15 is 0 Å². The Labute approximate surface area is 166 Å². The van der Waals surface area contributed by atoms with E-state index in [0.717, 1.165) is 15.2 Å². The quantitative estimate of drug-likeness (QED) is 0.677. The van der Waals surface area contributed by atoms with Crippen molar-refractivity contribution in [2.75, 3.05) is 26.3 Å².